The van der Waals surface area contributed by atoms with Crippen molar-refractivity contribution in [2.75, 3.05) is 13.4 Å². The number of aliphatic hydroxyl groups excluding tert-OH is 2. The number of phenols is 16. The molecule has 4 aliphatic rings. The molecular formula is C49H40O27. The number of carbonyl (C=O) groups excluding carboxylic acids is 2. The van der Waals surface area contributed by atoms with Gasteiger partial charge in [-0.1, -0.05) is 6.07 Å². The number of esters is 2. The van der Waals surface area contributed by atoms with Gasteiger partial charge in [0.05, 0.1) is 34.3 Å². The van der Waals surface area contributed by atoms with Gasteiger partial charge in [0.2, 0.25) is 23.0 Å². The summed E-state index contributed by atoms with van der Waals surface area (Å²) in [5.74, 6) is -25.2. The van der Waals surface area contributed by atoms with E-state index >= 15 is 0 Å². The summed E-state index contributed by atoms with van der Waals surface area (Å²) in [4.78, 5) is 40.2. The van der Waals surface area contributed by atoms with Gasteiger partial charge in [-0.05, 0) is 41.5 Å². The first-order valence-corrected chi connectivity index (χ1v) is 22.2. The standard InChI is InChI=1S/C49H40O27/c50-17-2-1-12(3-18(17)51)43-23(56)5-14-25(74-43)8-19(52)29(33(14)58)30-32-41(66)42(67)40(65)31-26-13(4-20(53)34(59)37(26)62)9-73-76-47(46(30)72-11-71-45(31)32)44-24(57)10-70-48(68)15-6-21(54)35(60)38(63)27(15)28-16(49(69)75-44)7-22(55)36(61)39(28)64/h1-4,6-8,23-24,30,43-44,46-47,50-67H,5,9-11H2/t23?,24?,30-,43?,44+,46?,47-/m0/s1. The highest BCUT2D eigenvalue weighted by Gasteiger charge is 2.52. The summed E-state index contributed by atoms with van der Waals surface area (Å²) in [5, 5.41) is 201. The summed E-state index contributed by atoms with van der Waals surface area (Å²) in [6.45, 7) is -3.42. The number of ether oxygens (including phenoxy) is 5. The van der Waals surface area contributed by atoms with Crippen LogP contribution in [-0.4, -0.2) is 148 Å². The number of fused-ring (bicyclic) bond motifs is 7. The van der Waals surface area contributed by atoms with E-state index in [4.69, 9.17) is 33.5 Å². The number of carbonyl (C=O) groups is 2. The lowest BCUT2D eigenvalue weighted by Crippen LogP contribution is -2.52. The maximum Gasteiger partial charge on any atom is 0.339 e. The van der Waals surface area contributed by atoms with Crippen LogP contribution in [0.2, 0.25) is 0 Å². The molecule has 6 aromatic rings. The van der Waals surface area contributed by atoms with E-state index in [0.717, 1.165) is 24.3 Å². The topological polar surface area (TPSA) is 463 Å². The Morgan fingerprint density at radius 3 is 1.72 bits per heavy atom. The second kappa shape index (κ2) is 18.1. The predicted octanol–water partition coefficient (Wildman–Crippen LogP) is 2.80. The molecule has 4 heterocycles. The molecule has 0 saturated heterocycles. The van der Waals surface area contributed by atoms with Crippen molar-refractivity contribution in [3.63, 3.8) is 0 Å². The Hall–Kier alpha value is -9.54. The first-order chi connectivity index (χ1) is 36.0. The minimum absolute atomic E-state index is 0.114. The van der Waals surface area contributed by atoms with Crippen LogP contribution in [0.25, 0.3) is 22.3 Å². The lowest BCUT2D eigenvalue weighted by Gasteiger charge is -2.38. The molecule has 10 rings (SSSR count). The van der Waals surface area contributed by atoms with Crippen molar-refractivity contribution in [2.24, 2.45) is 0 Å². The van der Waals surface area contributed by atoms with Crippen LogP contribution in [0, 0.1) is 0 Å². The van der Waals surface area contributed by atoms with E-state index in [2.05, 4.69) is 0 Å². The van der Waals surface area contributed by atoms with Crippen LogP contribution in [0.1, 0.15) is 60.6 Å². The Kier molecular flexibility index (Phi) is 11.9. The van der Waals surface area contributed by atoms with E-state index in [9.17, 15) is 102 Å². The number of benzene rings is 6. The van der Waals surface area contributed by atoms with Crippen molar-refractivity contribution >= 4 is 11.9 Å². The lowest BCUT2D eigenvalue weighted by atomic mass is 9.77. The molecule has 398 valence electrons. The maximum absolute atomic E-state index is 14.7. The number of hydrogen-bond acceptors (Lipinski definition) is 27. The van der Waals surface area contributed by atoms with Gasteiger partial charge in [-0.3, -0.25) is 0 Å². The summed E-state index contributed by atoms with van der Waals surface area (Å²) in [6.07, 6.45) is -13.0. The minimum atomic E-state index is -2.49. The van der Waals surface area contributed by atoms with Gasteiger partial charge in [0, 0.05) is 40.3 Å². The minimum Gasteiger partial charge on any atom is -0.507 e. The van der Waals surface area contributed by atoms with Gasteiger partial charge >= 0.3 is 11.9 Å². The van der Waals surface area contributed by atoms with Gasteiger partial charge in [0.15, 0.2) is 76.5 Å². The van der Waals surface area contributed by atoms with Gasteiger partial charge in [-0.15, -0.1) is 0 Å². The number of aromatic hydroxyl groups is 16. The molecule has 6 aromatic carbocycles. The molecular weight excluding hydrogens is 1020 g/mol. The molecule has 0 spiro atoms. The number of rotatable bonds is 3. The second-order valence-electron chi connectivity index (χ2n) is 17.7. The van der Waals surface area contributed by atoms with Crippen LogP contribution in [0.4, 0.5) is 0 Å². The van der Waals surface area contributed by atoms with E-state index in [-0.39, 0.29) is 16.9 Å². The molecule has 4 unspecified atom stereocenters. The quantitative estimate of drug-likeness (QED) is 0.0688. The molecule has 18 N–H and O–H groups in total. The van der Waals surface area contributed by atoms with Crippen molar-refractivity contribution in [3.05, 3.63) is 81.4 Å². The van der Waals surface area contributed by atoms with E-state index in [1.54, 1.807) is 0 Å². The molecule has 0 saturated carbocycles. The van der Waals surface area contributed by atoms with Crippen LogP contribution in [0.3, 0.4) is 0 Å². The summed E-state index contributed by atoms with van der Waals surface area (Å²) >= 11 is 0. The van der Waals surface area contributed by atoms with Crippen molar-refractivity contribution in [1.82, 2.24) is 0 Å². The molecule has 0 amide bonds. The van der Waals surface area contributed by atoms with Gasteiger partial charge in [0.1, 0.15) is 54.5 Å². The van der Waals surface area contributed by atoms with E-state index < -0.39 is 229 Å². The lowest BCUT2D eigenvalue weighted by molar-refractivity contribution is -0.368. The molecule has 76 heavy (non-hydrogen) atoms. The predicted molar refractivity (Wildman–Crippen MR) is 244 cm³/mol. The summed E-state index contributed by atoms with van der Waals surface area (Å²) < 4.78 is 29.3. The Morgan fingerprint density at radius 2 is 1.08 bits per heavy atom. The Bertz CT molecular complexity index is 3460. The number of phenolic OH excluding ortho intramolecular Hbond substituents is 16. The van der Waals surface area contributed by atoms with Crippen LogP contribution in [0.15, 0.2) is 42.5 Å². The summed E-state index contributed by atoms with van der Waals surface area (Å²) in [7, 11) is 0. The van der Waals surface area contributed by atoms with Gasteiger partial charge in [-0.2, -0.15) is 0 Å². The molecule has 0 aliphatic carbocycles. The monoisotopic (exact) mass is 1060 g/mol. The third-order valence-electron chi connectivity index (χ3n) is 13.4. The Labute approximate surface area is 422 Å². The SMILES string of the molecule is O=C1OCC(O)[C@H]([C@@H]2OOCc3cc(O)c(O)c(O)c3-c3c(O)c(O)c(O)c4c3OCOC2[C@H]4c2c(O)cc3c(c2O)CC(O)C(c2ccc(O)c(O)c2)O3)OC(=O)c2cc(O)c(O)c(O)c2-c2c1cc(O)c(O)c2O. The third kappa shape index (κ3) is 7.63. The van der Waals surface area contributed by atoms with E-state index in [1.165, 1.54) is 6.07 Å². The van der Waals surface area contributed by atoms with Crippen molar-refractivity contribution in [2.45, 2.75) is 55.6 Å². The molecule has 4 aliphatic heterocycles. The summed E-state index contributed by atoms with van der Waals surface area (Å²) in [6, 6.07) is 6.13. The molecule has 0 radical (unpaired) electrons. The molecule has 4 bridgehead atoms. The molecule has 27 heteroatoms. The Morgan fingerprint density at radius 1 is 0.474 bits per heavy atom. The first kappa shape index (κ1) is 50.0. The number of aliphatic hydroxyl groups is 2. The van der Waals surface area contributed by atoms with Crippen LogP contribution < -0.4 is 9.47 Å². The zero-order valence-corrected chi connectivity index (χ0v) is 38.1. The van der Waals surface area contributed by atoms with Crippen molar-refractivity contribution < 1.29 is 135 Å². The second-order valence-corrected chi connectivity index (χ2v) is 17.7. The third-order valence-corrected chi connectivity index (χ3v) is 13.4. The van der Waals surface area contributed by atoms with Gasteiger partial charge in [-0.25, -0.2) is 19.4 Å². The summed E-state index contributed by atoms with van der Waals surface area (Å²) in [5.41, 5.74) is -7.75. The molecule has 0 aromatic heterocycles. The fraction of sp³-hybridized carbons (Fsp3) is 0.224. The molecule has 0 fully saturated rings. The number of hydrogen-bond donors (Lipinski definition) is 18. The highest BCUT2D eigenvalue weighted by atomic mass is 17.2. The van der Waals surface area contributed by atoms with Crippen molar-refractivity contribution in [3.8, 4) is 126 Å². The fourth-order valence-corrected chi connectivity index (χ4v) is 9.81. The average Bonchev–Trinajstić information content (AvgIpc) is 3.66. The van der Waals surface area contributed by atoms with E-state index in [1.807, 2.05) is 0 Å². The zero-order valence-electron chi connectivity index (χ0n) is 38.1. The van der Waals surface area contributed by atoms with Crippen molar-refractivity contribution in [1.29, 1.82) is 0 Å². The normalized spacial score (nSPS) is 22.1. The molecule has 7 atom stereocenters. The zero-order chi connectivity index (χ0) is 54.7. The average molecular weight is 1060 g/mol. The highest BCUT2D eigenvalue weighted by Crippen LogP contribution is 2.63. The molecule has 27 nitrogen and oxygen atoms in total. The number of cyclic esters (lactones) is 2. The van der Waals surface area contributed by atoms with Crippen LogP contribution in [0.5, 0.6) is 103 Å². The van der Waals surface area contributed by atoms with Gasteiger partial charge in [0.25, 0.3) is 0 Å². The largest absolute Gasteiger partial charge is 0.507 e. The smallest absolute Gasteiger partial charge is 0.339 e. The van der Waals surface area contributed by atoms with Crippen LogP contribution >= 0.6 is 0 Å². The Balaban J connectivity index is 1.22. The highest BCUT2D eigenvalue weighted by molar-refractivity contribution is 6.08. The van der Waals surface area contributed by atoms with Crippen LogP contribution in [-0.2, 0) is 37.0 Å². The maximum atomic E-state index is 14.7. The van der Waals surface area contributed by atoms with Gasteiger partial charge < -0.3 is 116 Å². The fourth-order valence-electron chi connectivity index (χ4n) is 9.81. The first-order valence-electron chi connectivity index (χ1n) is 22.2. The van der Waals surface area contributed by atoms with E-state index in [0.29, 0.717) is 12.1 Å².